The molecule has 1 atom stereocenters. The van der Waals surface area contributed by atoms with Crippen LogP contribution in [0.3, 0.4) is 0 Å². The van der Waals surface area contributed by atoms with Gasteiger partial charge in [-0.3, -0.25) is 9.59 Å². The van der Waals surface area contributed by atoms with Gasteiger partial charge in [0.25, 0.3) is 0 Å². The standard InChI is InChI=1S/C13H24O4/c1-10(12(16)17-13(2,3)4)8-6-5-7-9-11(14)15/h10H,5-9H2,1-4H3,(H,14,15). The van der Waals surface area contributed by atoms with Gasteiger partial charge in [-0.25, -0.2) is 0 Å². The van der Waals surface area contributed by atoms with Crippen LogP contribution in [0, 0.1) is 5.92 Å². The van der Waals surface area contributed by atoms with E-state index < -0.39 is 11.6 Å². The van der Waals surface area contributed by atoms with Gasteiger partial charge in [-0.2, -0.15) is 0 Å². The van der Waals surface area contributed by atoms with Crippen LogP contribution in [0.2, 0.25) is 0 Å². The molecule has 0 aromatic rings. The third kappa shape index (κ3) is 9.85. The van der Waals surface area contributed by atoms with E-state index in [-0.39, 0.29) is 18.3 Å². The highest BCUT2D eigenvalue weighted by Crippen LogP contribution is 2.16. The number of rotatable bonds is 7. The fourth-order valence-corrected chi connectivity index (χ4v) is 1.42. The first kappa shape index (κ1) is 15.9. The van der Waals surface area contributed by atoms with Crippen molar-refractivity contribution in [2.45, 2.75) is 65.4 Å². The smallest absolute Gasteiger partial charge is 0.309 e. The Morgan fingerprint density at radius 3 is 2.24 bits per heavy atom. The number of aliphatic carboxylic acids is 1. The summed E-state index contributed by atoms with van der Waals surface area (Å²) in [7, 11) is 0. The second-order valence-corrected chi connectivity index (χ2v) is 5.43. The number of carbonyl (C=O) groups is 2. The van der Waals surface area contributed by atoms with Crippen LogP contribution in [-0.4, -0.2) is 22.6 Å². The number of carboxylic acid groups (broad SMARTS) is 1. The molecule has 0 spiro atoms. The van der Waals surface area contributed by atoms with Crippen LogP contribution >= 0.6 is 0 Å². The minimum atomic E-state index is -0.759. The van der Waals surface area contributed by atoms with Gasteiger partial charge in [0.2, 0.25) is 0 Å². The van der Waals surface area contributed by atoms with Gasteiger partial charge in [0, 0.05) is 6.42 Å². The van der Waals surface area contributed by atoms with Gasteiger partial charge < -0.3 is 9.84 Å². The lowest BCUT2D eigenvalue weighted by Gasteiger charge is -2.22. The quantitative estimate of drug-likeness (QED) is 0.552. The Balaban J connectivity index is 3.68. The van der Waals surface area contributed by atoms with Crippen LogP contribution in [0.4, 0.5) is 0 Å². The van der Waals surface area contributed by atoms with Gasteiger partial charge in [0.15, 0.2) is 0 Å². The van der Waals surface area contributed by atoms with Crippen molar-refractivity contribution in [1.82, 2.24) is 0 Å². The van der Waals surface area contributed by atoms with Crippen molar-refractivity contribution in [2.24, 2.45) is 5.92 Å². The summed E-state index contributed by atoms with van der Waals surface area (Å²) in [5.41, 5.74) is -0.436. The summed E-state index contributed by atoms with van der Waals surface area (Å²) in [5.74, 6) is -1.04. The van der Waals surface area contributed by atoms with Crippen LogP contribution in [0.5, 0.6) is 0 Å². The van der Waals surface area contributed by atoms with E-state index in [9.17, 15) is 9.59 Å². The van der Waals surface area contributed by atoms with Crippen LogP contribution < -0.4 is 0 Å². The van der Waals surface area contributed by atoms with E-state index in [0.717, 1.165) is 19.3 Å². The minimum absolute atomic E-state index is 0.112. The van der Waals surface area contributed by atoms with E-state index in [2.05, 4.69) is 0 Å². The summed E-state index contributed by atoms with van der Waals surface area (Å²) in [4.78, 5) is 21.9. The van der Waals surface area contributed by atoms with E-state index in [0.29, 0.717) is 6.42 Å². The average molecular weight is 244 g/mol. The first-order chi connectivity index (χ1) is 7.72. The molecule has 4 nitrogen and oxygen atoms in total. The average Bonchev–Trinajstić information content (AvgIpc) is 2.13. The molecular weight excluding hydrogens is 220 g/mol. The van der Waals surface area contributed by atoms with Crippen molar-refractivity contribution in [3.8, 4) is 0 Å². The molecule has 0 aliphatic rings. The predicted molar refractivity (Wildman–Crippen MR) is 65.7 cm³/mol. The van der Waals surface area contributed by atoms with Gasteiger partial charge in [-0.05, 0) is 33.6 Å². The molecule has 0 aromatic heterocycles. The number of hydrogen-bond acceptors (Lipinski definition) is 3. The molecule has 0 fully saturated rings. The SMILES string of the molecule is CC(CCCCCC(=O)O)C(=O)OC(C)(C)C. The van der Waals surface area contributed by atoms with Crippen molar-refractivity contribution in [2.75, 3.05) is 0 Å². The summed E-state index contributed by atoms with van der Waals surface area (Å²) in [6.45, 7) is 7.41. The molecule has 0 rings (SSSR count). The third-order valence-corrected chi connectivity index (χ3v) is 2.34. The number of carboxylic acids is 1. The Labute approximate surface area is 103 Å². The summed E-state index contributed by atoms with van der Waals surface area (Å²) in [5, 5.41) is 8.46. The molecule has 0 bridgehead atoms. The number of esters is 1. The molecule has 0 aliphatic carbocycles. The van der Waals surface area contributed by atoms with E-state index in [4.69, 9.17) is 9.84 Å². The minimum Gasteiger partial charge on any atom is -0.481 e. The summed E-state index contributed by atoms with van der Waals surface area (Å²) in [6, 6.07) is 0. The maximum atomic E-state index is 11.6. The zero-order valence-electron chi connectivity index (χ0n) is 11.3. The molecule has 1 N–H and O–H groups in total. The zero-order chi connectivity index (χ0) is 13.5. The molecule has 0 aliphatic heterocycles. The molecule has 1 unspecified atom stereocenters. The molecular formula is C13H24O4. The van der Waals surface area contributed by atoms with Gasteiger partial charge >= 0.3 is 11.9 Å². The van der Waals surface area contributed by atoms with Gasteiger partial charge in [0.05, 0.1) is 5.92 Å². The maximum Gasteiger partial charge on any atom is 0.309 e. The summed E-state index contributed by atoms with van der Waals surface area (Å²) >= 11 is 0. The van der Waals surface area contributed by atoms with E-state index >= 15 is 0 Å². The van der Waals surface area contributed by atoms with E-state index in [1.54, 1.807) is 0 Å². The van der Waals surface area contributed by atoms with Gasteiger partial charge in [-0.15, -0.1) is 0 Å². The monoisotopic (exact) mass is 244 g/mol. The Morgan fingerprint density at radius 1 is 1.18 bits per heavy atom. The van der Waals surface area contributed by atoms with Crippen molar-refractivity contribution in [3.05, 3.63) is 0 Å². The molecule has 0 aromatic carbocycles. The molecule has 0 heterocycles. The van der Waals surface area contributed by atoms with Crippen LogP contribution in [-0.2, 0) is 14.3 Å². The fraction of sp³-hybridized carbons (Fsp3) is 0.846. The molecule has 100 valence electrons. The molecule has 4 heteroatoms. The number of unbranched alkanes of at least 4 members (excludes halogenated alkanes) is 2. The normalized spacial score (nSPS) is 13.2. The van der Waals surface area contributed by atoms with Crippen LogP contribution in [0.15, 0.2) is 0 Å². The lowest BCUT2D eigenvalue weighted by Crippen LogP contribution is -2.27. The topological polar surface area (TPSA) is 63.6 Å². The van der Waals surface area contributed by atoms with Gasteiger partial charge in [-0.1, -0.05) is 19.8 Å². The van der Waals surface area contributed by atoms with E-state index in [1.807, 2.05) is 27.7 Å². The second kappa shape index (κ2) is 7.30. The molecule has 17 heavy (non-hydrogen) atoms. The molecule has 0 radical (unpaired) electrons. The Morgan fingerprint density at radius 2 is 1.76 bits per heavy atom. The summed E-state index contributed by atoms with van der Waals surface area (Å²) < 4.78 is 5.26. The van der Waals surface area contributed by atoms with Gasteiger partial charge in [0.1, 0.15) is 5.60 Å². The largest absolute Gasteiger partial charge is 0.481 e. The van der Waals surface area contributed by atoms with Crippen LogP contribution in [0.25, 0.3) is 0 Å². The lowest BCUT2D eigenvalue weighted by atomic mass is 10.0. The highest BCUT2D eigenvalue weighted by atomic mass is 16.6. The molecule has 0 saturated heterocycles. The van der Waals surface area contributed by atoms with Crippen molar-refractivity contribution in [3.63, 3.8) is 0 Å². The van der Waals surface area contributed by atoms with Crippen molar-refractivity contribution >= 4 is 11.9 Å². The third-order valence-electron chi connectivity index (χ3n) is 2.34. The fourth-order valence-electron chi connectivity index (χ4n) is 1.42. The Kier molecular flexibility index (Phi) is 6.85. The Bertz CT molecular complexity index is 253. The molecule has 0 amide bonds. The second-order valence-electron chi connectivity index (χ2n) is 5.43. The number of ether oxygens (including phenoxy) is 1. The highest BCUT2D eigenvalue weighted by Gasteiger charge is 2.21. The first-order valence-corrected chi connectivity index (χ1v) is 6.17. The van der Waals surface area contributed by atoms with Crippen molar-refractivity contribution < 1.29 is 19.4 Å². The van der Waals surface area contributed by atoms with E-state index in [1.165, 1.54) is 0 Å². The Hall–Kier alpha value is -1.06. The first-order valence-electron chi connectivity index (χ1n) is 6.17. The zero-order valence-corrected chi connectivity index (χ0v) is 11.3. The molecule has 0 saturated carbocycles. The number of carbonyl (C=O) groups excluding carboxylic acids is 1. The summed E-state index contributed by atoms with van der Waals surface area (Å²) in [6.07, 6.45) is 3.36. The maximum absolute atomic E-state index is 11.6. The highest BCUT2D eigenvalue weighted by molar-refractivity contribution is 5.72. The number of hydrogen-bond donors (Lipinski definition) is 1. The lowest BCUT2D eigenvalue weighted by molar-refractivity contribution is -0.159. The van der Waals surface area contributed by atoms with Crippen molar-refractivity contribution in [1.29, 1.82) is 0 Å². The predicted octanol–water partition coefficient (Wildman–Crippen LogP) is 3.00. The van der Waals surface area contributed by atoms with Crippen LogP contribution in [0.1, 0.15) is 59.8 Å².